The molecule has 1 aromatic heterocycles. The molecule has 3 aromatic rings. The zero-order valence-corrected chi connectivity index (χ0v) is 17.2. The van der Waals surface area contributed by atoms with Gasteiger partial charge in [0.05, 0.1) is 0 Å². The number of Topliss-reactive ketones (excluding diaryl/α,β-unsaturated/α-hetero) is 1. The van der Waals surface area contributed by atoms with Gasteiger partial charge in [-0.2, -0.15) is 0 Å². The Morgan fingerprint density at radius 2 is 1.76 bits per heavy atom. The molecule has 2 aromatic carbocycles. The second-order valence-corrected chi connectivity index (χ2v) is 8.17. The maximum absolute atomic E-state index is 12.9. The van der Waals surface area contributed by atoms with Gasteiger partial charge < -0.3 is 4.98 Å². The van der Waals surface area contributed by atoms with Crippen LogP contribution in [-0.4, -0.2) is 28.8 Å². The Balaban J connectivity index is 1.31. The molecular formula is C26H30N2O. The van der Waals surface area contributed by atoms with E-state index in [0.29, 0.717) is 18.4 Å². The number of benzene rings is 2. The van der Waals surface area contributed by atoms with Crippen molar-refractivity contribution in [1.29, 1.82) is 0 Å². The molecule has 150 valence electrons. The van der Waals surface area contributed by atoms with Crippen molar-refractivity contribution in [3.05, 3.63) is 84.2 Å². The largest absolute Gasteiger partial charge is 0.367 e. The average Bonchev–Trinajstić information content (AvgIpc) is 3.33. The van der Waals surface area contributed by atoms with Crippen LogP contribution in [0.5, 0.6) is 0 Å². The Labute approximate surface area is 173 Å². The van der Waals surface area contributed by atoms with Crippen LogP contribution < -0.4 is 0 Å². The number of aromatic nitrogens is 1. The van der Waals surface area contributed by atoms with Crippen LogP contribution in [0, 0.1) is 5.92 Å². The smallest absolute Gasteiger partial charge is 0.163 e. The molecule has 1 N–H and O–H groups in total. The zero-order valence-electron chi connectivity index (χ0n) is 17.2. The summed E-state index contributed by atoms with van der Waals surface area (Å²) in [6, 6.07) is 21.2. The van der Waals surface area contributed by atoms with Gasteiger partial charge in [-0.25, -0.2) is 0 Å². The first-order valence-electron chi connectivity index (χ1n) is 10.8. The predicted octanol–water partition coefficient (Wildman–Crippen LogP) is 6.12. The van der Waals surface area contributed by atoms with Crippen LogP contribution in [0.3, 0.4) is 0 Å². The highest BCUT2D eigenvalue weighted by Crippen LogP contribution is 2.30. The molecule has 3 heteroatoms. The lowest BCUT2D eigenvalue weighted by Crippen LogP contribution is -2.35. The van der Waals surface area contributed by atoms with Crippen molar-refractivity contribution in [3.63, 3.8) is 0 Å². The summed E-state index contributed by atoms with van der Waals surface area (Å²) in [7, 11) is 0. The van der Waals surface area contributed by atoms with Gasteiger partial charge in [-0.3, -0.25) is 9.69 Å². The summed E-state index contributed by atoms with van der Waals surface area (Å²) >= 11 is 0. The van der Waals surface area contributed by atoms with Gasteiger partial charge in [-0.05, 0) is 68.0 Å². The van der Waals surface area contributed by atoms with E-state index in [9.17, 15) is 4.79 Å². The van der Waals surface area contributed by atoms with E-state index in [2.05, 4.69) is 47.1 Å². The average molecular weight is 387 g/mol. The number of piperidine rings is 1. The fourth-order valence-electron chi connectivity index (χ4n) is 4.51. The number of rotatable bonds is 7. The van der Waals surface area contributed by atoms with Crippen LogP contribution in [-0.2, 0) is 0 Å². The molecule has 1 atom stereocenters. The molecule has 0 amide bonds. The minimum Gasteiger partial charge on any atom is -0.367 e. The van der Waals surface area contributed by atoms with Gasteiger partial charge in [0, 0.05) is 30.4 Å². The van der Waals surface area contributed by atoms with E-state index in [-0.39, 0.29) is 5.78 Å². The molecule has 1 unspecified atom stereocenters. The number of hydrogen-bond donors (Lipinski definition) is 1. The molecule has 0 saturated carbocycles. The maximum Gasteiger partial charge on any atom is 0.163 e. The second-order valence-electron chi connectivity index (χ2n) is 8.17. The first-order chi connectivity index (χ1) is 14.2. The van der Waals surface area contributed by atoms with Crippen LogP contribution in [0.4, 0.5) is 0 Å². The molecule has 1 aliphatic rings. The van der Waals surface area contributed by atoms with E-state index in [4.69, 9.17) is 0 Å². The molecule has 0 radical (unpaired) electrons. The quantitative estimate of drug-likeness (QED) is 0.497. The van der Waals surface area contributed by atoms with Crippen molar-refractivity contribution in [2.45, 2.75) is 38.6 Å². The first-order valence-corrected chi connectivity index (χ1v) is 10.8. The van der Waals surface area contributed by atoms with E-state index in [1.807, 2.05) is 42.7 Å². The minimum absolute atomic E-state index is 0.266. The third kappa shape index (κ3) is 4.68. The molecule has 1 fully saturated rings. The van der Waals surface area contributed by atoms with Crippen LogP contribution in [0.25, 0.3) is 11.1 Å². The van der Waals surface area contributed by atoms with Crippen molar-refractivity contribution in [3.8, 4) is 11.1 Å². The minimum atomic E-state index is 0.266. The molecule has 0 aliphatic carbocycles. The Bertz CT molecular complexity index is 909. The number of carbonyl (C=O) groups is 1. The third-order valence-corrected chi connectivity index (χ3v) is 6.39. The summed E-state index contributed by atoms with van der Waals surface area (Å²) in [6.45, 7) is 4.54. The molecule has 0 spiro atoms. The predicted molar refractivity (Wildman–Crippen MR) is 119 cm³/mol. The number of likely N-dealkylation sites (tertiary alicyclic amines) is 1. The van der Waals surface area contributed by atoms with Crippen molar-refractivity contribution in [2.75, 3.05) is 13.1 Å². The normalized spacial score (nSPS) is 16.6. The number of nitrogens with zero attached hydrogens (tertiary/aromatic N) is 1. The van der Waals surface area contributed by atoms with Gasteiger partial charge in [-0.15, -0.1) is 0 Å². The lowest BCUT2D eigenvalue weighted by molar-refractivity contribution is 0.0953. The SMILES string of the molecule is CC(c1ccccc1)N1CCC(CCC(=O)c2ccccc2-c2cc[nH]c2)CC1. The van der Waals surface area contributed by atoms with E-state index < -0.39 is 0 Å². The summed E-state index contributed by atoms with van der Waals surface area (Å²) in [6.07, 6.45) is 7.86. The van der Waals surface area contributed by atoms with Gasteiger partial charge in [0.1, 0.15) is 0 Å². The Hall–Kier alpha value is -2.65. The number of hydrogen-bond acceptors (Lipinski definition) is 2. The number of H-pyrrole nitrogens is 1. The molecule has 1 aliphatic heterocycles. The molecule has 29 heavy (non-hydrogen) atoms. The topological polar surface area (TPSA) is 36.1 Å². The van der Waals surface area contributed by atoms with Gasteiger partial charge in [0.15, 0.2) is 5.78 Å². The highest BCUT2D eigenvalue weighted by atomic mass is 16.1. The summed E-state index contributed by atoms with van der Waals surface area (Å²) in [5.41, 5.74) is 4.35. The molecule has 0 bridgehead atoms. The van der Waals surface area contributed by atoms with Crippen molar-refractivity contribution >= 4 is 5.78 Å². The lowest BCUT2D eigenvalue weighted by Gasteiger charge is -2.36. The highest BCUT2D eigenvalue weighted by Gasteiger charge is 2.24. The maximum atomic E-state index is 12.9. The Morgan fingerprint density at radius 3 is 2.48 bits per heavy atom. The van der Waals surface area contributed by atoms with E-state index in [0.717, 1.165) is 36.2 Å². The van der Waals surface area contributed by atoms with Gasteiger partial charge >= 0.3 is 0 Å². The van der Waals surface area contributed by atoms with E-state index in [1.165, 1.54) is 18.4 Å². The van der Waals surface area contributed by atoms with Crippen LogP contribution in [0.1, 0.15) is 54.6 Å². The number of ketones is 1. The van der Waals surface area contributed by atoms with Crippen molar-refractivity contribution in [2.24, 2.45) is 5.92 Å². The Kier molecular flexibility index (Phi) is 6.26. The van der Waals surface area contributed by atoms with E-state index in [1.54, 1.807) is 0 Å². The summed E-state index contributed by atoms with van der Waals surface area (Å²) < 4.78 is 0. The van der Waals surface area contributed by atoms with Crippen LogP contribution in [0.15, 0.2) is 73.1 Å². The summed E-state index contributed by atoms with van der Waals surface area (Å²) in [5.74, 6) is 0.916. The molecule has 2 heterocycles. The Morgan fingerprint density at radius 1 is 1.03 bits per heavy atom. The molecule has 3 nitrogen and oxygen atoms in total. The fourth-order valence-corrected chi connectivity index (χ4v) is 4.51. The van der Waals surface area contributed by atoms with Crippen LogP contribution >= 0.6 is 0 Å². The molecule has 1 saturated heterocycles. The monoisotopic (exact) mass is 386 g/mol. The molecular weight excluding hydrogens is 356 g/mol. The number of carbonyl (C=O) groups excluding carboxylic acids is 1. The summed E-state index contributed by atoms with van der Waals surface area (Å²) in [5, 5.41) is 0. The van der Waals surface area contributed by atoms with Gasteiger partial charge in [-0.1, -0.05) is 54.6 Å². The van der Waals surface area contributed by atoms with Crippen molar-refractivity contribution in [1.82, 2.24) is 9.88 Å². The second kappa shape index (κ2) is 9.23. The first kappa shape index (κ1) is 19.7. The third-order valence-electron chi connectivity index (χ3n) is 6.39. The van der Waals surface area contributed by atoms with E-state index >= 15 is 0 Å². The number of aromatic amines is 1. The molecule has 4 rings (SSSR count). The fraction of sp³-hybridized carbons (Fsp3) is 0.346. The van der Waals surface area contributed by atoms with Crippen molar-refractivity contribution < 1.29 is 4.79 Å². The lowest BCUT2D eigenvalue weighted by atomic mass is 9.88. The number of nitrogens with one attached hydrogen (secondary N) is 1. The van der Waals surface area contributed by atoms with Crippen LogP contribution in [0.2, 0.25) is 0 Å². The standard InChI is InChI=1S/C26H30N2O/c1-20(22-7-3-2-4-8-22)28-17-14-21(15-18-28)11-12-26(29)25-10-6-5-9-24(25)23-13-16-27-19-23/h2-10,13,16,19-21,27H,11-12,14-15,17-18H2,1H3. The van der Waals surface area contributed by atoms with Gasteiger partial charge in [0.25, 0.3) is 0 Å². The van der Waals surface area contributed by atoms with Gasteiger partial charge in [0.2, 0.25) is 0 Å². The summed E-state index contributed by atoms with van der Waals surface area (Å²) in [4.78, 5) is 18.6. The highest BCUT2D eigenvalue weighted by molar-refractivity contribution is 6.02. The zero-order chi connectivity index (χ0) is 20.1.